The summed E-state index contributed by atoms with van der Waals surface area (Å²) in [6.07, 6.45) is 0.236. The third-order valence-corrected chi connectivity index (χ3v) is 3.05. The van der Waals surface area contributed by atoms with Crippen LogP contribution in [0.15, 0.2) is 17.3 Å². The van der Waals surface area contributed by atoms with Crippen molar-refractivity contribution < 1.29 is 23.2 Å². The fourth-order valence-corrected chi connectivity index (χ4v) is 1.46. The predicted octanol–water partition coefficient (Wildman–Crippen LogP) is 1.75. The van der Waals surface area contributed by atoms with Crippen molar-refractivity contribution >= 4 is 11.7 Å². The summed E-state index contributed by atoms with van der Waals surface area (Å²) in [7, 11) is 0. The van der Waals surface area contributed by atoms with Gasteiger partial charge in [-0.3, -0.25) is 4.79 Å². The number of amidine groups is 1. The van der Waals surface area contributed by atoms with Gasteiger partial charge in [0.15, 0.2) is 23.3 Å². The molecule has 0 aliphatic rings. The van der Waals surface area contributed by atoms with Crippen LogP contribution in [-0.4, -0.2) is 22.5 Å². The van der Waals surface area contributed by atoms with Gasteiger partial charge in [-0.15, -0.1) is 0 Å². The quantitative estimate of drug-likeness (QED) is 0.259. The summed E-state index contributed by atoms with van der Waals surface area (Å²) >= 11 is 0. The summed E-state index contributed by atoms with van der Waals surface area (Å²) in [6, 6.07) is 1.45. The number of rotatable bonds is 4. The molecule has 5 nitrogen and oxygen atoms in total. The molecule has 0 aromatic heterocycles. The number of amides is 1. The van der Waals surface area contributed by atoms with E-state index in [1.165, 1.54) is 6.92 Å². The van der Waals surface area contributed by atoms with Gasteiger partial charge < -0.3 is 16.3 Å². The van der Waals surface area contributed by atoms with Crippen molar-refractivity contribution in [3.8, 4) is 0 Å². The summed E-state index contributed by atoms with van der Waals surface area (Å²) in [6.45, 7) is 3.08. The number of nitrogens with two attached hydrogens (primary N) is 1. The van der Waals surface area contributed by atoms with Gasteiger partial charge in [0.25, 0.3) is 5.91 Å². The van der Waals surface area contributed by atoms with Crippen LogP contribution in [0.5, 0.6) is 0 Å². The van der Waals surface area contributed by atoms with Crippen molar-refractivity contribution in [3.05, 3.63) is 35.1 Å². The maximum absolute atomic E-state index is 13.5. The highest BCUT2D eigenvalue weighted by atomic mass is 19.2. The molecule has 1 aromatic rings. The Bertz CT molecular complexity index is 563. The van der Waals surface area contributed by atoms with Gasteiger partial charge in [-0.05, 0) is 25.5 Å². The second-order valence-corrected chi connectivity index (χ2v) is 4.35. The van der Waals surface area contributed by atoms with Crippen molar-refractivity contribution in [2.75, 3.05) is 0 Å². The van der Waals surface area contributed by atoms with Crippen molar-refractivity contribution in [1.29, 1.82) is 0 Å². The summed E-state index contributed by atoms with van der Waals surface area (Å²) in [5.41, 5.74) is 3.52. The summed E-state index contributed by atoms with van der Waals surface area (Å²) in [5, 5.41) is 13.7. The molecule has 0 aliphatic heterocycles. The van der Waals surface area contributed by atoms with E-state index >= 15 is 0 Å². The minimum absolute atomic E-state index is 0.236. The second kappa shape index (κ2) is 5.81. The van der Waals surface area contributed by atoms with E-state index in [9.17, 15) is 18.0 Å². The Morgan fingerprint density at radius 2 is 2.00 bits per heavy atom. The van der Waals surface area contributed by atoms with Crippen molar-refractivity contribution in [1.82, 2.24) is 5.32 Å². The molecule has 1 atom stereocenters. The molecule has 8 heteroatoms. The SMILES string of the molecule is CCC(C)(NC(=O)c1ccc(F)c(F)c1F)C(N)=NO. The van der Waals surface area contributed by atoms with Crippen LogP contribution in [-0.2, 0) is 0 Å². The second-order valence-electron chi connectivity index (χ2n) is 4.35. The molecular weight excluding hydrogens is 275 g/mol. The van der Waals surface area contributed by atoms with Gasteiger partial charge in [0.2, 0.25) is 0 Å². The van der Waals surface area contributed by atoms with Gasteiger partial charge >= 0.3 is 0 Å². The standard InChI is InChI=1S/C12H14F3N3O2/c1-3-12(2,11(16)18-20)17-10(19)6-4-5-7(13)9(15)8(6)14/h4-5,20H,3H2,1-2H3,(H2,16,18)(H,17,19). The smallest absolute Gasteiger partial charge is 0.255 e. The van der Waals surface area contributed by atoms with Gasteiger partial charge in [0, 0.05) is 0 Å². The molecule has 0 saturated carbocycles. The number of halogens is 3. The van der Waals surface area contributed by atoms with Crippen LogP contribution in [0.2, 0.25) is 0 Å². The fraction of sp³-hybridized carbons (Fsp3) is 0.333. The molecule has 0 fully saturated rings. The molecule has 1 aromatic carbocycles. The van der Waals surface area contributed by atoms with E-state index in [1.54, 1.807) is 6.92 Å². The largest absolute Gasteiger partial charge is 0.409 e. The highest BCUT2D eigenvalue weighted by Gasteiger charge is 2.31. The van der Waals surface area contributed by atoms with Gasteiger partial charge in [0.05, 0.1) is 11.1 Å². The van der Waals surface area contributed by atoms with Gasteiger partial charge in [-0.25, -0.2) is 13.2 Å². The zero-order chi connectivity index (χ0) is 15.5. The number of oxime groups is 1. The molecule has 4 N–H and O–H groups in total. The molecule has 1 amide bonds. The van der Waals surface area contributed by atoms with Crippen molar-refractivity contribution in [3.63, 3.8) is 0 Å². The van der Waals surface area contributed by atoms with E-state index in [0.29, 0.717) is 6.07 Å². The highest BCUT2D eigenvalue weighted by molar-refractivity contribution is 6.00. The van der Waals surface area contributed by atoms with Crippen LogP contribution in [0.25, 0.3) is 0 Å². The summed E-state index contributed by atoms with van der Waals surface area (Å²) < 4.78 is 39.4. The third-order valence-electron chi connectivity index (χ3n) is 3.05. The minimum Gasteiger partial charge on any atom is -0.409 e. The maximum atomic E-state index is 13.5. The molecule has 0 bridgehead atoms. The lowest BCUT2D eigenvalue weighted by molar-refractivity contribution is 0.0919. The molecule has 0 spiro atoms. The van der Waals surface area contributed by atoms with Crippen LogP contribution < -0.4 is 11.1 Å². The number of carbonyl (C=O) groups excluding carboxylic acids is 1. The molecule has 0 radical (unpaired) electrons. The summed E-state index contributed by atoms with van der Waals surface area (Å²) in [5.74, 6) is -6.03. The van der Waals surface area contributed by atoms with Crippen molar-refractivity contribution in [2.45, 2.75) is 25.8 Å². The Labute approximate surface area is 113 Å². The van der Waals surface area contributed by atoms with Crippen LogP contribution in [0.3, 0.4) is 0 Å². The van der Waals surface area contributed by atoms with E-state index in [0.717, 1.165) is 6.07 Å². The molecule has 0 heterocycles. The lowest BCUT2D eigenvalue weighted by atomic mass is 9.96. The Kier molecular flexibility index (Phi) is 4.59. The molecule has 20 heavy (non-hydrogen) atoms. The Hall–Kier alpha value is -2.25. The Morgan fingerprint density at radius 3 is 2.50 bits per heavy atom. The van der Waals surface area contributed by atoms with E-state index < -0.39 is 34.5 Å². The van der Waals surface area contributed by atoms with Gasteiger partial charge in [-0.2, -0.15) is 0 Å². The molecule has 110 valence electrons. The van der Waals surface area contributed by atoms with Crippen molar-refractivity contribution in [2.24, 2.45) is 10.9 Å². The van der Waals surface area contributed by atoms with E-state index in [4.69, 9.17) is 10.9 Å². The first-order chi connectivity index (χ1) is 9.26. The normalized spacial score (nSPS) is 14.8. The first kappa shape index (κ1) is 15.8. The molecule has 0 saturated heterocycles. The monoisotopic (exact) mass is 289 g/mol. The number of nitrogens with one attached hydrogen (secondary N) is 1. The number of hydrogen-bond acceptors (Lipinski definition) is 3. The number of hydrogen-bond donors (Lipinski definition) is 3. The zero-order valence-corrected chi connectivity index (χ0v) is 10.9. The summed E-state index contributed by atoms with van der Waals surface area (Å²) in [4.78, 5) is 11.9. The van der Waals surface area contributed by atoms with Crippen LogP contribution in [0.1, 0.15) is 30.6 Å². The number of carbonyl (C=O) groups is 1. The average molecular weight is 289 g/mol. The number of benzene rings is 1. The topological polar surface area (TPSA) is 87.7 Å². The van der Waals surface area contributed by atoms with E-state index in [1.807, 2.05) is 0 Å². The van der Waals surface area contributed by atoms with Crippen LogP contribution >= 0.6 is 0 Å². The van der Waals surface area contributed by atoms with E-state index in [-0.39, 0.29) is 12.3 Å². The first-order valence-corrected chi connectivity index (χ1v) is 5.70. The zero-order valence-electron chi connectivity index (χ0n) is 10.9. The average Bonchev–Trinajstić information content (AvgIpc) is 2.43. The van der Waals surface area contributed by atoms with Gasteiger partial charge in [-0.1, -0.05) is 12.1 Å². The lowest BCUT2D eigenvalue weighted by Gasteiger charge is -2.28. The first-order valence-electron chi connectivity index (χ1n) is 5.70. The molecule has 0 aliphatic carbocycles. The number of nitrogens with zero attached hydrogens (tertiary/aromatic N) is 1. The predicted molar refractivity (Wildman–Crippen MR) is 65.9 cm³/mol. The van der Waals surface area contributed by atoms with Gasteiger partial charge in [0.1, 0.15) is 0 Å². The van der Waals surface area contributed by atoms with E-state index in [2.05, 4.69) is 10.5 Å². The Balaban J connectivity index is 3.12. The minimum atomic E-state index is -1.74. The molecule has 1 unspecified atom stereocenters. The molecular formula is C12H14F3N3O2. The van der Waals surface area contributed by atoms with Crippen LogP contribution in [0, 0.1) is 17.5 Å². The molecule has 1 rings (SSSR count). The fourth-order valence-electron chi connectivity index (χ4n) is 1.46. The lowest BCUT2D eigenvalue weighted by Crippen LogP contribution is -2.55. The third kappa shape index (κ3) is 2.84. The maximum Gasteiger partial charge on any atom is 0.255 e. The highest BCUT2D eigenvalue weighted by Crippen LogP contribution is 2.17. The Morgan fingerprint density at radius 1 is 1.40 bits per heavy atom. The van der Waals surface area contributed by atoms with Crippen LogP contribution in [0.4, 0.5) is 13.2 Å².